The molecule has 8 heteroatoms. The first-order valence-electron chi connectivity index (χ1n) is 8.59. The second-order valence-corrected chi connectivity index (χ2v) is 7.84. The zero-order valence-electron chi connectivity index (χ0n) is 14.2. The number of aromatic nitrogens is 4. The number of thiophene rings is 1. The average Bonchev–Trinajstić information content (AvgIpc) is 3.27. The van der Waals surface area contributed by atoms with Crippen molar-refractivity contribution < 1.29 is 9.50 Å². The Hall–Kier alpha value is -2.29. The molecule has 5 rings (SSSR count). The van der Waals surface area contributed by atoms with Gasteiger partial charge in [0.15, 0.2) is 5.82 Å². The van der Waals surface area contributed by atoms with E-state index in [9.17, 15) is 9.50 Å². The van der Waals surface area contributed by atoms with Crippen LogP contribution in [0, 0.1) is 5.82 Å². The highest BCUT2D eigenvalue weighted by Crippen LogP contribution is 2.35. The molecule has 4 heterocycles. The van der Waals surface area contributed by atoms with E-state index in [-0.39, 0.29) is 18.0 Å². The number of benzene rings is 1. The Morgan fingerprint density at radius 3 is 2.92 bits per heavy atom. The van der Waals surface area contributed by atoms with Crippen LogP contribution in [0.2, 0.25) is 0 Å². The second-order valence-electron chi connectivity index (χ2n) is 6.81. The normalized spacial score (nSPS) is 21.0. The lowest BCUT2D eigenvalue weighted by atomic mass is 10.0. The van der Waals surface area contributed by atoms with Gasteiger partial charge in [0.25, 0.3) is 0 Å². The summed E-state index contributed by atoms with van der Waals surface area (Å²) in [5.74, 6) is -0.314. The Labute approximate surface area is 152 Å². The maximum atomic E-state index is 14.4. The van der Waals surface area contributed by atoms with Crippen LogP contribution in [-0.2, 0) is 7.05 Å². The van der Waals surface area contributed by atoms with Gasteiger partial charge < -0.3 is 10.4 Å². The van der Waals surface area contributed by atoms with Crippen molar-refractivity contribution in [3.63, 3.8) is 0 Å². The third-order valence-corrected chi connectivity index (χ3v) is 6.02. The van der Waals surface area contributed by atoms with Crippen LogP contribution in [0.4, 0.5) is 4.39 Å². The van der Waals surface area contributed by atoms with Gasteiger partial charge in [0.2, 0.25) is 0 Å². The highest BCUT2D eigenvalue weighted by atomic mass is 32.1. The molecule has 3 aromatic heterocycles. The lowest BCUT2D eigenvalue weighted by Crippen LogP contribution is -2.41. The lowest BCUT2D eigenvalue weighted by Gasteiger charge is -2.28. The molecule has 0 aliphatic carbocycles. The first-order chi connectivity index (χ1) is 12.6. The van der Waals surface area contributed by atoms with Gasteiger partial charge in [-0.15, -0.1) is 11.3 Å². The van der Waals surface area contributed by atoms with E-state index in [1.54, 1.807) is 11.7 Å². The Balaban J connectivity index is 1.53. The monoisotopic (exact) mass is 371 g/mol. The molecule has 0 spiro atoms. The van der Waals surface area contributed by atoms with E-state index in [0.717, 1.165) is 39.0 Å². The van der Waals surface area contributed by atoms with E-state index < -0.39 is 0 Å². The van der Waals surface area contributed by atoms with Crippen LogP contribution in [0.5, 0.6) is 0 Å². The minimum absolute atomic E-state index is 0.0454. The summed E-state index contributed by atoms with van der Waals surface area (Å²) in [5, 5.41) is 24.1. The molecule has 1 aliphatic heterocycles. The van der Waals surface area contributed by atoms with Crippen LogP contribution < -0.4 is 5.32 Å². The number of piperidine rings is 1. The predicted molar refractivity (Wildman–Crippen MR) is 99.8 cm³/mol. The largest absolute Gasteiger partial charge is 0.391 e. The van der Waals surface area contributed by atoms with E-state index in [1.807, 2.05) is 29.2 Å². The summed E-state index contributed by atoms with van der Waals surface area (Å²) in [4.78, 5) is 1.87. The fourth-order valence-corrected chi connectivity index (χ4v) is 4.60. The number of rotatable bonds is 2. The summed E-state index contributed by atoms with van der Waals surface area (Å²) in [6.07, 6.45) is 4.13. The highest BCUT2D eigenvalue weighted by molar-refractivity contribution is 7.21. The van der Waals surface area contributed by atoms with Gasteiger partial charge >= 0.3 is 0 Å². The van der Waals surface area contributed by atoms with Gasteiger partial charge in [-0.05, 0) is 36.7 Å². The Kier molecular flexibility index (Phi) is 3.59. The van der Waals surface area contributed by atoms with Crippen LogP contribution in [0.3, 0.4) is 0 Å². The van der Waals surface area contributed by atoms with Gasteiger partial charge in [-0.25, -0.2) is 4.39 Å². The van der Waals surface area contributed by atoms with E-state index in [1.165, 1.54) is 17.4 Å². The zero-order valence-corrected chi connectivity index (χ0v) is 15.0. The summed E-state index contributed by atoms with van der Waals surface area (Å²) in [6, 6.07) is 5.47. The van der Waals surface area contributed by atoms with E-state index >= 15 is 0 Å². The maximum Gasteiger partial charge on any atom is 0.151 e. The summed E-state index contributed by atoms with van der Waals surface area (Å²) < 4.78 is 17.8. The molecule has 26 heavy (non-hydrogen) atoms. The molecule has 6 nitrogen and oxygen atoms in total. The van der Waals surface area contributed by atoms with Gasteiger partial charge in [0, 0.05) is 41.6 Å². The average molecular weight is 371 g/mol. The molecule has 0 radical (unpaired) electrons. The van der Waals surface area contributed by atoms with Crippen LogP contribution in [0.25, 0.3) is 31.6 Å². The van der Waals surface area contributed by atoms with E-state index in [2.05, 4.69) is 15.5 Å². The number of hydrogen-bond acceptors (Lipinski definition) is 5. The lowest BCUT2D eigenvalue weighted by molar-refractivity contribution is 0.0787. The standard InChI is InChI=1S/C18H18FN5OS/c1-23-8-11-4-10(5-13(19)17(11)21-23)16-6-12-9-24(22-18(12)26-16)14-7-20-3-2-15(14)25/h4-6,8-9,14-15,20,25H,2-3,7H2,1H3. The van der Waals surface area contributed by atoms with Crippen molar-refractivity contribution in [2.24, 2.45) is 7.05 Å². The molecule has 0 bridgehead atoms. The van der Waals surface area contributed by atoms with Gasteiger partial charge in [0.1, 0.15) is 10.3 Å². The van der Waals surface area contributed by atoms with Gasteiger partial charge in [-0.1, -0.05) is 0 Å². The van der Waals surface area contributed by atoms with Crippen molar-refractivity contribution >= 4 is 32.5 Å². The zero-order chi connectivity index (χ0) is 17.8. The van der Waals surface area contributed by atoms with Crippen molar-refractivity contribution in [3.05, 3.63) is 36.4 Å². The van der Waals surface area contributed by atoms with E-state index in [4.69, 9.17) is 0 Å². The number of fused-ring (bicyclic) bond motifs is 2. The molecule has 2 unspecified atom stereocenters. The fourth-order valence-electron chi connectivity index (χ4n) is 3.61. The topological polar surface area (TPSA) is 67.9 Å². The minimum atomic E-state index is -0.383. The summed E-state index contributed by atoms with van der Waals surface area (Å²) in [6.45, 7) is 1.55. The Morgan fingerprint density at radius 1 is 1.23 bits per heavy atom. The minimum Gasteiger partial charge on any atom is -0.391 e. The third-order valence-electron chi connectivity index (χ3n) is 4.93. The summed E-state index contributed by atoms with van der Waals surface area (Å²) >= 11 is 1.53. The maximum absolute atomic E-state index is 14.4. The Morgan fingerprint density at radius 2 is 2.12 bits per heavy atom. The van der Waals surface area contributed by atoms with Crippen LogP contribution in [-0.4, -0.2) is 43.9 Å². The number of hydrogen-bond donors (Lipinski definition) is 2. The molecule has 2 N–H and O–H groups in total. The number of nitrogens with zero attached hydrogens (tertiary/aromatic N) is 4. The smallest absolute Gasteiger partial charge is 0.151 e. The van der Waals surface area contributed by atoms with Crippen molar-refractivity contribution in [2.75, 3.05) is 13.1 Å². The van der Waals surface area contributed by atoms with Crippen LogP contribution in [0.15, 0.2) is 30.6 Å². The molecule has 1 fully saturated rings. The number of aliphatic hydroxyl groups excluding tert-OH is 1. The predicted octanol–water partition coefficient (Wildman–Crippen LogP) is 2.69. The highest BCUT2D eigenvalue weighted by Gasteiger charge is 2.25. The van der Waals surface area contributed by atoms with Crippen LogP contribution in [0.1, 0.15) is 12.5 Å². The van der Waals surface area contributed by atoms with Crippen molar-refractivity contribution in [1.29, 1.82) is 0 Å². The summed E-state index contributed by atoms with van der Waals surface area (Å²) in [7, 11) is 1.79. The Bertz CT molecular complexity index is 1080. The third kappa shape index (κ3) is 2.53. The fraction of sp³-hybridized carbons (Fsp3) is 0.333. The van der Waals surface area contributed by atoms with Gasteiger partial charge in [-0.3, -0.25) is 9.36 Å². The molecular formula is C18H18FN5OS. The van der Waals surface area contributed by atoms with Gasteiger partial charge in [-0.2, -0.15) is 10.2 Å². The van der Waals surface area contributed by atoms with E-state index in [0.29, 0.717) is 12.1 Å². The number of aliphatic hydroxyl groups is 1. The van der Waals surface area contributed by atoms with Crippen molar-refractivity contribution in [1.82, 2.24) is 24.9 Å². The molecule has 1 aromatic carbocycles. The molecule has 4 aromatic rings. The first kappa shape index (κ1) is 15.9. The molecule has 134 valence electrons. The van der Waals surface area contributed by atoms with Crippen molar-refractivity contribution in [2.45, 2.75) is 18.6 Å². The number of aryl methyl sites for hydroxylation is 1. The molecule has 0 saturated carbocycles. The molecular weight excluding hydrogens is 353 g/mol. The molecule has 1 aliphatic rings. The first-order valence-corrected chi connectivity index (χ1v) is 9.41. The second kappa shape index (κ2) is 5.87. The number of halogens is 1. The van der Waals surface area contributed by atoms with Crippen LogP contribution >= 0.6 is 11.3 Å². The molecule has 1 saturated heterocycles. The molecule has 2 atom stereocenters. The summed E-state index contributed by atoms with van der Waals surface area (Å²) in [5.41, 5.74) is 1.22. The molecule has 0 amide bonds. The number of nitrogens with one attached hydrogen (secondary N) is 1. The van der Waals surface area contributed by atoms with Crippen molar-refractivity contribution in [3.8, 4) is 10.4 Å². The SMILES string of the molecule is Cn1cc2cc(-c3cc4cn(C5CNCCC5O)nc4s3)cc(F)c2n1. The quantitative estimate of drug-likeness (QED) is 0.569. The van der Waals surface area contributed by atoms with Gasteiger partial charge in [0.05, 0.1) is 12.1 Å².